The Morgan fingerprint density at radius 2 is 0.762 bits per heavy atom. The van der Waals surface area contributed by atoms with Gasteiger partial charge in [-0.25, -0.2) is 9.59 Å². The molecule has 0 saturated heterocycles. The number of esters is 2. The molecule has 0 aromatic heterocycles. The zero-order valence-electron chi connectivity index (χ0n) is 27.5. The van der Waals surface area contributed by atoms with E-state index in [1.165, 1.54) is 33.4 Å². The van der Waals surface area contributed by atoms with Crippen LogP contribution < -0.4 is 0 Å². The van der Waals surface area contributed by atoms with Crippen LogP contribution in [0.4, 0.5) is 0 Å². The summed E-state index contributed by atoms with van der Waals surface area (Å²) in [6, 6.07) is 6.41. The molecule has 4 heteroatoms. The van der Waals surface area contributed by atoms with E-state index in [4.69, 9.17) is 9.47 Å². The largest absolute Gasteiger partial charge is 0.458 e. The average Bonchev–Trinajstić information content (AvgIpc) is 2.92. The number of benzene rings is 1. The van der Waals surface area contributed by atoms with Gasteiger partial charge in [-0.3, -0.25) is 0 Å². The molecule has 0 atom stereocenters. The predicted molar refractivity (Wildman–Crippen MR) is 178 cm³/mol. The molecule has 1 aromatic carbocycles. The summed E-state index contributed by atoms with van der Waals surface area (Å²) in [7, 11) is 0. The normalized spacial score (nSPS) is 12.6. The first kappa shape index (κ1) is 36.6. The Balaban J connectivity index is 2.39. The maximum absolute atomic E-state index is 12.4. The molecule has 0 fully saturated rings. The van der Waals surface area contributed by atoms with Gasteiger partial charge < -0.3 is 9.47 Å². The van der Waals surface area contributed by atoms with Crippen molar-refractivity contribution in [1.29, 1.82) is 0 Å². The molecule has 0 saturated carbocycles. The summed E-state index contributed by atoms with van der Waals surface area (Å²) in [5.41, 5.74) is 8.75. The van der Waals surface area contributed by atoms with Gasteiger partial charge in [0, 0.05) is 0 Å². The van der Waals surface area contributed by atoms with Crippen LogP contribution >= 0.6 is 0 Å². The Labute approximate surface area is 256 Å². The molecule has 0 spiro atoms. The molecular weight excluding hydrogens is 520 g/mol. The standard InChI is InChI=1S/C38H54O4/c1-29(2)13-9-15-31(5)17-11-19-33(7)25-27-41-37(39)35-21-23-36(24-22-35)38(40)42-28-26-34(8)20-12-18-32(6)16-10-14-30(3)4/h13-14,17-18,21-26H,9-12,15-16,19-20,27-28H2,1-8H3. The van der Waals surface area contributed by atoms with Crippen LogP contribution in [0.2, 0.25) is 0 Å². The maximum Gasteiger partial charge on any atom is 0.338 e. The second-order valence-corrected chi connectivity index (χ2v) is 11.7. The van der Waals surface area contributed by atoms with Gasteiger partial charge in [0.2, 0.25) is 0 Å². The summed E-state index contributed by atoms with van der Waals surface area (Å²) >= 11 is 0. The Bertz CT molecular complexity index is 1070. The van der Waals surface area contributed by atoms with Crippen LogP contribution in [0.1, 0.15) is 127 Å². The van der Waals surface area contributed by atoms with E-state index in [0.717, 1.165) is 51.4 Å². The molecule has 0 radical (unpaired) electrons. The fourth-order valence-corrected chi connectivity index (χ4v) is 4.11. The molecule has 0 heterocycles. The molecule has 0 aliphatic rings. The molecule has 1 aromatic rings. The van der Waals surface area contributed by atoms with Crippen molar-refractivity contribution in [2.24, 2.45) is 0 Å². The lowest BCUT2D eigenvalue weighted by atomic mass is 10.1. The van der Waals surface area contributed by atoms with E-state index in [2.05, 4.69) is 79.7 Å². The van der Waals surface area contributed by atoms with E-state index >= 15 is 0 Å². The number of hydrogen-bond donors (Lipinski definition) is 0. The van der Waals surface area contributed by atoms with Crippen molar-refractivity contribution in [3.8, 4) is 0 Å². The molecule has 0 bridgehead atoms. The monoisotopic (exact) mass is 574 g/mol. The quantitative estimate of drug-likeness (QED) is 0.129. The minimum Gasteiger partial charge on any atom is -0.458 e. The molecule has 0 aliphatic heterocycles. The van der Waals surface area contributed by atoms with Crippen molar-refractivity contribution in [3.63, 3.8) is 0 Å². The lowest BCUT2D eigenvalue weighted by molar-refractivity contribution is 0.0534. The van der Waals surface area contributed by atoms with E-state index in [0.29, 0.717) is 11.1 Å². The maximum atomic E-state index is 12.4. The molecular formula is C38H54O4. The van der Waals surface area contributed by atoms with Gasteiger partial charge in [0.15, 0.2) is 0 Å². The zero-order chi connectivity index (χ0) is 31.3. The van der Waals surface area contributed by atoms with E-state index in [1.54, 1.807) is 24.3 Å². The molecule has 0 amide bonds. The molecule has 230 valence electrons. The van der Waals surface area contributed by atoms with E-state index in [1.807, 2.05) is 12.2 Å². The number of hydrogen-bond acceptors (Lipinski definition) is 4. The first-order valence-corrected chi connectivity index (χ1v) is 15.3. The van der Waals surface area contributed by atoms with Gasteiger partial charge in [0.1, 0.15) is 13.2 Å². The van der Waals surface area contributed by atoms with Crippen molar-refractivity contribution < 1.29 is 19.1 Å². The minimum absolute atomic E-state index is 0.231. The third kappa shape index (κ3) is 18.1. The Kier molecular flexibility index (Phi) is 18.6. The fourth-order valence-electron chi connectivity index (χ4n) is 4.11. The van der Waals surface area contributed by atoms with Crippen LogP contribution in [0.5, 0.6) is 0 Å². The average molecular weight is 575 g/mol. The lowest BCUT2D eigenvalue weighted by Gasteiger charge is -2.06. The third-order valence-corrected chi connectivity index (χ3v) is 6.89. The van der Waals surface area contributed by atoms with Crippen molar-refractivity contribution in [1.82, 2.24) is 0 Å². The number of rotatable bonds is 18. The summed E-state index contributed by atoms with van der Waals surface area (Å²) in [6.07, 6.45) is 21.2. The van der Waals surface area contributed by atoms with Crippen LogP contribution in [-0.4, -0.2) is 25.2 Å². The summed E-state index contributed by atoms with van der Waals surface area (Å²) in [5.74, 6) is -0.817. The van der Waals surface area contributed by atoms with Crippen molar-refractivity contribution in [2.75, 3.05) is 13.2 Å². The van der Waals surface area contributed by atoms with Crippen molar-refractivity contribution >= 4 is 11.9 Å². The van der Waals surface area contributed by atoms with Gasteiger partial charge in [-0.1, -0.05) is 57.7 Å². The highest BCUT2D eigenvalue weighted by atomic mass is 16.5. The zero-order valence-corrected chi connectivity index (χ0v) is 27.5. The van der Waals surface area contributed by atoms with Gasteiger partial charge in [0.05, 0.1) is 11.1 Å². The van der Waals surface area contributed by atoms with Gasteiger partial charge >= 0.3 is 11.9 Å². The molecule has 0 aliphatic carbocycles. The summed E-state index contributed by atoms with van der Waals surface area (Å²) < 4.78 is 10.8. The summed E-state index contributed by atoms with van der Waals surface area (Å²) in [6.45, 7) is 17.5. The van der Waals surface area contributed by atoms with Gasteiger partial charge in [-0.15, -0.1) is 0 Å². The van der Waals surface area contributed by atoms with Crippen LogP contribution in [-0.2, 0) is 9.47 Å². The number of allylic oxidation sites excluding steroid dienone is 10. The smallest absolute Gasteiger partial charge is 0.338 e. The van der Waals surface area contributed by atoms with Gasteiger partial charge in [0.25, 0.3) is 0 Å². The van der Waals surface area contributed by atoms with Gasteiger partial charge in [-0.05, 0) is 143 Å². The molecule has 0 N–H and O–H groups in total. The summed E-state index contributed by atoms with van der Waals surface area (Å²) in [5, 5.41) is 0. The van der Waals surface area contributed by atoms with Crippen LogP contribution in [0.3, 0.4) is 0 Å². The Morgan fingerprint density at radius 3 is 1.07 bits per heavy atom. The fraction of sp³-hybridized carbons (Fsp3) is 0.474. The second-order valence-electron chi connectivity index (χ2n) is 11.7. The number of carbonyl (C=O) groups is 2. The van der Waals surface area contributed by atoms with E-state index in [9.17, 15) is 9.59 Å². The lowest BCUT2D eigenvalue weighted by Crippen LogP contribution is -2.08. The highest BCUT2D eigenvalue weighted by Crippen LogP contribution is 2.14. The molecule has 4 nitrogen and oxygen atoms in total. The predicted octanol–water partition coefficient (Wildman–Crippen LogP) is 10.8. The first-order chi connectivity index (χ1) is 20.0. The highest BCUT2D eigenvalue weighted by molar-refractivity contribution is 5.93. The molecule has 0 unspecified atom stereocenters. The van der Waals surface area contributed by atoms with E-state index < -0.39 is 11.9 Å². The SMILES string of the molecule is CC(C)=CCCC(C)=CCCC(C)=CCOC(=O)c1ccc(C(=O)OCC=C(C)CCC=C(C)CCC=C(C)C)cc1. The van der Waals surface area contributed by atoms with Gasteiger partial charge in [-0.2, -0.15) is 0 Å². The Hall–Kier alpha value is -3.40. The van der Waals surface area contributed by atoms with Crippen molar-refractivity contribution in [2.45, 2.75) is 107 Å². The second kappa shape index (κ2) is 21.3. The topological polar surface area (TPSA) is 52.6 Å². The highest BCUT2D eigenvalue weighted by Gasteiger charge is 2.10. The van der Waals surface area contributed by atoms with Crippen LogP contribution in [0.25, 0.3) is 0 Å². The summed E-state index contributed by atoms with van der Waals surface area (Å²) in [4.78, 5) is 24.8. The van der Waals surface area contributed by atoms with Crippen molar-refractivity contribution in [3.05, 3.63) is 105 Å². The first-order valence-electron chi connectivity index (χ1n) is 15.3. The number of ether oxygens (including phenoxy) is 2. The third-order valence-electron chi connectivity index (χ3n) is 6.89. The van der Waals surface area contributed by atoms with Crippen LogP contribution in [0, 0.1) is 0 Å². The minimum atomic E-state index is -0.409. The van der Waals surface area contributed by atoms with Crippen LogP contribution in [0.15, 0.2) is 94.2 Å². The Morgan fingerprint density at radius 1 is 0.476 bits per heavy atom. The number of carbonyl (C=O) groups excluding carboxylic acids is 2. The molecule has 1 rings (SSSR count). The van der Waals surface area contributed by atoms with E-state index in [-0.39, 0.29) is 13.2 Å². The molecule has 42 heavy (non-hydrogen) atoms.